The largest absolute Gasteiger partial charge is 0.481 e. The van der Waals surface area contributed by atoms with Crippen LogP contribution in [-0.2, 0) is 4.79 Å². The summed E-state index contributed by atoms with van der Waals surface area (Å²) in [5.74, 6) is -1.39. The van der Waals surface area contributed by atoms with Crippen LogP contribution in [0.25, 0.3) is 11.1 Å². The summed E-state index contributed by atoms with van der Waals surface area (Å²) in [5.41, 5.74) is 2.42. The van der Waals surface area contributed by atoms with Gasteiger partial charge >= 0.3 is 5.97 Å². The average molecular weight is 298 g/mol. The van der Waals surface area contributed by atoms with Gasteiger partial charge in [0.05, 0.1) is 11.5 Å². The van der Waals surface area contributed by atoms with Crippen molar-refractivity contribution in [1.29, 1.82) is 0 Å². The second-order valence-corrected chi connectivity index (χ2v) is 5.58. The molecule has 0 bridgehead atoms. The number of aromatic amines is 1. The van der Waals surface area contributed by atoms with E-state index in [0.29, 0.717) is 18.5 Å². The van der Waals surface area contributed by atoms with E-state index in [1.807, 2.05) is 30.3 Å². The zero-order valence-electron chi connectivity index (χ0n) is 12.2. The first-order valence-corrected chi connectivity index (χ1v) is 7.41. The van der Waals surface area contributed by atoms with E-state index in [1.165, 1.54) is 0 Å². The zero-order valence-corrected chi connectivity index (χ0v) is 12.2. The highest BCUT2D eigenvalue weighted by Gasteiger charge is 2.29. The fraction of sp³-hybridized carbons (Fsp3) is 0.294. The fourth-order valence-electron chi connectivity index (χ4n) is 2.93. The molecule has 1 aliphatic heterocycles. The summed E-state index contributed by atoms with van der Waals surface area (Å²) in [4.78, 5) is 28.5. The van der Waals surface area contributed by atoms with Crippen LogP contribution in [0.4, 0.5) is 0 Å². The first-order chi connectivity index (χ1) is 10.7. The monoisotopic (exact) mass is 298 g/mol. The lowest BCUT2D eigenvalue weighted by atomic mass is 9.97. The highest BCUT2D eigenvalue weighted by atomic mass is 16.4. The Balaban J connectivity index is 1.84. The molecule has 1 saturated heterocycles. The molecule has 1 unspecified atom stereocenters. The van der Waals surface area contributed by atoms with Crippen LogP contribution in [-0.4, -0.2) is 40.0 Å². The molecular formula is C17H18N2O3. The molecule has 0 saturated carbocycles. The van der Waals surface area contributed by atoms with Crippen molar-refractivity contribution in [3.05, 3.63) is 48.3 Å². The van der Waals surface area contributed by atoms with Crippen LogP contribution in [0.1, 0.15) is 23.2 Å². The molecule has 1 amide bonds. The standard InChI is InChI=1S/C17H18N2O3/c20-16(19-8-4-7-13(11-19)17(21)22)15-10-18-9-14(15)12-5-2-1-3-6-12/h1-3,5-6,9-10,13,18H,4,7-8,11H2,(H,21,22). The molecule has 1 fully saturated rings. The molecule has 5 nitrogen and oxygen atoms in total. The normalized spacial score (nSPS) is 18.2. The lowest BCUT2D eigenvalue weighted by Crippen LogP contribution is -2.42. The molecule has 1 atom stereocenters. The highest BCUT2D eigenvalue weighted by molar-refractivity contribution is 6.01. The van der Waals surface area contributed by atoms with Crippen LogP contribution >= 0.6 is 0 Å². The van der Waals surface area contributed by atoms with Gasteiger partial charge in [0, 0.05) is 31.0 Å². The van der Waals surface area contributed by atoms with Crippen LogP contribution in [0.5, 0.6) is 0 Å². The molecule has 0 spiro atoms. The predicted molar refractivity (Wildman–Crippen MR) is 82.5 cm³/mol. The van der Waals surface area contributed by atoms with E-state index in [1.54, 1.807) is 17.3 Å². The summed E-state index contributed by atoms with van der Waals surface area (Å²) >= 11 is 0. The number of H-pyrrole nitrogens is 1. The molecule has 22 heavy (non-hydrogen) atoms. The van der Waals surface area contributed by atoms with Gasteiger partial charge in [-0.05, 0) is 18.4 Å². The van der Waals surface area contributed by atoms with Crippen molar-refractivity contribution in [1.82, 2.24) is 9.88 Å². The number of aromatic nitrogens is 1. The topological polar surface area (TPSA) is 73.4 Å². The molecule has 2 heterocycles. The van der Waals surface area contributed by atoms with Crippen LogP contribution in [0.15, 0.2) is 42.7 Å². The van der Waals surface area contributed by atoms with Gasteiger partial charge in [-0.2, -0.15) is 0 Å². The molecule has 2 aromatic rings. The van der Waals surface area contributed by atoms with Gasteiger partial charge in [-0.25, -0.2) is 0 Å². The van der Waals surface area contributed by atoms with Gasteiger partial charge in [0.1, 0.15) is 0 Å². The number of hydrogen-bond donors (Lipinski definition) is 2. The Bertz CT molecular complexity index is 678. The Morgan fingerprint density at radius 3 is 2.68 bits per heavy atom. The lowest BCUT2D eigenvalue weighted by molar-refractivity contribution is -0.143. The number of carboxylic acids is 1. The summed E-state index contributed by atoms with van der Waals surface area (Å²) in [6.07, 6.45) is 4.86. The minimum Gasteiger partial charge on any atom is -0.481 e. The molecule has 5 heteroatoms. The second-order valence-electron chi connectivity index (χ2n) is 5.58. The number of nitrogens with zero attached hydrogens (tertiary/aromatic N) is 1. The fourth-order valence-corrected chi connectivity index (χ4v) is 2.93. The third kappa shape index (κ3) is 2.74. The van der Waals surface area contributed by atoms with E-state index in [-0.39, 0.29) is 12.5 Å². The SMILES string of the molecule is O=C(O)C1CCCN(C(=O)c2c[nH]cc2-c2ccccc2)C1. The Kier molecular flexibility index (Phi) is 3.96. The molecule has 0 radical (unpaired) electrons. The first kappa shape index (κ1) is 14.4. The number of likely N-dealkylation sites (tertiary alicyclic amines) is 1. The Morgan fingerprint density at radius 2 is 1.95 bits per heavy atom. The van der Waals surface area contributed by atoms with E-state index in [9.17, 15) is 9.59 Å². The number of carbonyl (C=O) groups is 2. The molecule has 2 N–H and O–H groups in total. The van der Waals surface area contributed by atoms with Gasteiger partial charge in [0.25, 0.3) is 5.91 Å². The smallest absolute Gasteiger partial charge is 0.308 e. The van der Waals surface area contributed by atoms with Crippen molar-refractivity contribution in [2.75, 3.05) is 13.1 Å². The molecule has 1 aliphatic rings. The minimum absolute atomic E-state index is 0.106. The zero-order chi connectivity index (χ0) is 15.5. The number of benzene rings is 1. The van der Waals surface area contributed by atoms with Crippen molar-refractivity contribution in [2.45, 2.75) is 12.8 Å². The Morgan fingerprint density at radius 1 is 1.18 bits per heavy atom. The number of aliphatic carboxylic acids is 1. The average Bonchev–Trinajstić information content (AvgIpc) is 3.04. The molecular weight excluding hydrogens is 280 g/mol. The van der Waals surface area contributed by atoms with E-state index in [4.69, 9.17) is 5.11 Å². The lowest BCUT2D eigenvalue weighted by Gasteiger charge is -2.30. The number of hydrogen-bond acceptors (Lipinski definition) is 2. The van der Waals surface area contributed by atoms with Crippen molar-refractivity contribution in [3.63, 3.8) is 0 Å². The van der Waals surface area contributed by atoms with Crippen molar-refractivity contribution < 1.29 is 14.7 Å². The minimum atomic E-state index is -0.824. The summed E-state index contributed by atoms with van der Waals surface area (Å²) in [5, 5.41) is 9.16. The number of amides is 1. The number of nitrogens with one attached hydrogen (secondary N) is 1. The predicted octanol–water partition coefficient (Wildman–Crippen LogP) is 2.62. The number of piperidine rings is 1. The van der Waals surface area contributed by atoms with Crippen LogP contribution in [0.3, 0.4) is 0 Å². The maximum atomic E-state index is 12.7. The molecule has 0 aliphatic carbocycles. The summed E-state index contributed by atoms with van der Waals surface area (Å²) in [7, 11) is 0. The summed E-state index contributed by atoms with van der Waals surface area (Å²) in [6.45, 7) is 0.898. The maximum absolute atomic E-state index is 12.7. The van der Waals surface area contributed by atoms with E-state index < -0.39 is 11.9 Å². The second kappa shape index (κ2) is 6.05. The van der Waals surface area contributed by atoms with Crippen molar-refractivity contribution >= 4 is 11.9 Å². The van der Waals surface area contributed by atoms with E-state index in [0.717, 1.165) is 17.5 Å². The van der Waals surface area contributed by atoms with Crippen LogP contribution in [0, 0.1) is 5.92 Å². The van der Waals surface area contributed by atoms with E-state index in [2.05, 4.69) is 4.98 Å². The molecule has 1 aromatic carbocycles. The van der Waals surface area contributed by atoms with Crippen LogP contribution < -0.4 is 0 Å². The third-order valence-electron chi connectivity index (χ3n) is 4.12. The third-order valence-corrected chi connectivity index (χ3v) is 4.12. The number of carbonyl (C=O) groups excluding carboxylic acids is 1. The summed E-state index contributed by atoms with van der Waals surface area (Å²) in [6, 6.07) is 9.70. The van der Waals surface area contributed by atoms with Crippen molar-refractivity contribution in [2.24, 2.45) is 5.92 Å². The molecule has 3 rings (SSSR count). The summed E-state index contributed by atoms with van der Waals surface area (Å²) < 4.78 is 0. The molecule has 114 valence electrons. The van der Waals surface area contributed by atoms with Gasteiger partial charge < -0.3 is 15.0 Å². The van der Waals surface area contributed by atoms with Gasteiger partial charge in [0.15, 0.2) is 0 Å². The van der Waals surface area contributed by atoms with Crippen LogP contribution in [0.2, 0.25) is 0 Å². The first-order valence-electron chi connectivity index (χ1n) is 7.41. The molecule has 1 aromatic heterocycles. The van der Waals surface area contributed by atoms with Gasteiger partial charge in [-0.15, -0.1) is 0 Å². The maximum Gasteiger partial charge on any atom is 0.308 e. The quantitative estimate of drug-likeness (QED) is 0.914. The van der Waals surface area contributed by atoms with Gasteiger partial charge in [-0.1, -0.05) is 30.3 Å². The highest BCUT2D eigenvalue weighted by Crippen LogP contribution is 2.26. The Hall–Kier alpha value is -2.56. The Labute approximate surface area is 128 Å². The number of carboxylic acid groups (broad SMARTS) is 1. The van der Waals surface area contributed by atoms with Crippen molar-refractivity contribution in [3.8, 4) is 11.1 Å². The van der Waals surface area contributed by atoms with Gasteiger partial charge in [0.2, 0.25) is 0 Å². The number of rotatable bonds is 3. The van der Waals surface area contributed by atoms with E-state index >= 15 is 0 Å². The van der Waals surface area contributed by atoms with Gasteiger partial charge in [-0.3, -0.25) is 9.59 Å².